The van der Waals surface area contributed by atoms with E-state index in [-0.39, 0.29) is 19.1 Å². The molecule has 0 aliphatic rings. The second kappa shape index (κ2) is 11.5. The molecule has 33 heavy (non-hydrogen) atoms. The van der Waals surface area contributed by atoms with Gasteiger partial charge in [0.1, 0.15) is 22.1 Å². The van der Waals surface area contributed by atoms with Crippen LogP contribution in [0.1, 0.15) is 49.5 Å². The quantitative estimate of drug-likeness (QED) is 0.363. The molecule has 0 unspecified atom stereocenters. The number of anilines is 1. The molecule has 3 aromatic rings. The van der Waals surface area contributed by atoms with Gasteiger partial charge in [-0.25, -0.2) is 4.79 Å². The topological polar surface area (TPSA) is 73.9 Å². The minimum absolute atomic E-state index is 0.167. The molecule has 7 heteroatoms. The van der Waals surface area contributed by atoms with E-state index in [9.17, 15) is 9.59 Å². The number of rotatable bonds is 10. The molecule has 0 saturated carbocycles. The third-order valence-corrected chi connectivity index (χ3v) is 5.79. The third kappa shape index (κ3) is 6.35. The Kier molecular flexibility index (Phi) is 8.49. The van der Waals surface area contributed by atoms with Gasteiger partial charge in [0.2, 0.25) is 0 Å². The third-order valence-electron chi connectivity index (χ3n) is 4.89. The van der Waals surface area contributed by atoms with Crippen molar-refractivity contribution in [2.24, 2.45) is 0 Å². The van der Waals surface area contributed by atoms with Gasteiger partial charge >= 0.3 is 5.97 Å². The zero-order chi connectivity index (χ0) is 23.8. The zero-order valence-corrected chi connectivity index (χ0v) is 20.2. The molecule has 0 aliphatic carbocycles. The summed E-state index contributed by atoms with van der Waals surface area (Å²) in [6, 6.07) is 15.1. The van der Waals surface area contributed by atoms with Gasteiger partial charge in [0.25, 0.3) is 5.91 Å². The van der Waals surface area contributed by atoms with Crippen molar-refractivity contribution in [2.75, 3.05) is 25.1 Å². The Morgan fingerprint density at radius 2 is 1.73 bits per heavy atom. The van der Waals surface area contributed by atoms with Crippen LogP contribution in [0.5, 0.6) is 11.5 Å². The van der Waals surface area contributed by atoms with Crippen LogP contribution in [0.15, 0.2) is 53.9 Å². The van der Waals surface area contributed by atoms with E-state index < -0.39 is 5.97 Å². The average Bonchev–Trinajstić information content (AvgIpc) is 3.22. The van der Waals surface area contributed by atoms with Crippen LogP contribution >= 0.6 is 11.3 Å². The second-order valence-electron chi connectivity index (χ2n) is 7.60. The van der Waals surface area contributed by atoms with Gasteiger partial charge in [-0.2, -0.15) is 0 Å². The standard InChI is InChI=1S/C26H29NO5S/c1-5-30-20-12-10-18(11-13-20)22-16-33-25(24(22)26(29)31-6-2)27-23(28)15-32-21-9-7-8-19(14-21)17(3)4/h7-14,16-17H,5-6,15H2,1-4H3,(H,27,28). The molecule has 1 N–H and O–H groups in total. The minimum Gasteiger partial charge on any atom is -0.494 e. The molecule has 0 fully saturated rings. The van der Waals surface area contributed by atoms with Gasteiger partial charge in [0.15, 0.2) is 6.61 Å². The van der Waals surface area contributed by atoms with E-state index in [4.69, 9.17) is 14.2 Å². The molecule has 0 spiro atoms. The summed E-state index contributed by atoms with van der Waals surface area (Å²) in [7, 11) is 0. The van der Waals surface area contributed by atoms with E-state index in [2.05, 4.69) is 19.2 Å². The maximum atomic E-state index is 12.7. The van der Waals surface area contributed by atoms with E-state index >= 15 is 0 Å². The fraction of sp³-hybridized carbons (Fsp3) is 0.308. The van der Waals surface area contributed by atoms with E-state index in [0.717, 1.165) is 16.9 Å². The lowest BCUT2D eigenvalue weighted by Gasteiger charge is -2.11. The summed E-state index contributed by atoms with van der Waals surface area (Å²) in [6.07, 6.45) is 0. The highest BCUT2D eigenvalue weighted by molar-refractivity contribution is 7.15. The molecule has 0 bridgehead atoms. The highest BCUT2D eigenvalue weighted by Gasteiger charge is 2.23. The van der Waals surface area contributed by atoms with Crippen molar-refractivity contribution in [3.05, 3.63) is 65.0 Å². The normalized spacial score (nSPS) is 10.7. The summed E-state index contributed by atoms with van der Waals surface area (Å²) in [6.45, 7) is 8.51. The van der Waals surface area contributed by atoms with Crippen LogP contribution in [0.4, 0.5) is 5.00 Å². The molecule has 174 valence electrons. The molecular weight excluding hydrogens is 438 g/mol. The molecule has 2 aromatic carbocycles. The molecule has 0 atom stereocenters. The Bertz CT molecular complexity index is 1090. The number of hydrogen-bond donors (Lipinski definition) is 1. The van der Waals surface area contributed by atoms with Crippen LogP contribution in [0.3, 0.4) is 0 Å². The smallest absolute Gasteiger partial charge is 0.341 e. The molecule has 6 nitrogen and oxygen atoms in total. The monoisotopic (exact) mass is 467 g/mol. The highest BCUT2D eigenvalue weighted by Crippen LogP contribution is 2.37. The molecular formula is C26H29NO5S. The molecule has 0 aliphatic heterocycles. The Hall–Kier alpha value is -3.32. The number of nitrogens with one attached hydrogen (secondary N) is 1. The first kappa shape index (κ1) is 24.3. The van der Waals surface area contributed by atoms with E-state index in [0.29, 0.717) is 34.4 Å². The van der Waals surface area contributed by atoms with Gasteiger partial charge in [0.05, 0.1) is 13.2 Å². The van der Waals surface area contributed by atoms with Crippen molar-refractivity contribution < 1.29 is 23.8 Å². The summed E-state index contributed by atoms with van der Waals surface area (Å²) in [5, 5.41) is 5.08. The maximum absolute atomic E-state index is 12.7. The SMILES string of the molecule is CCOC(=O)c1c(-c2ccc(OCC)cc2)csc1NC(=O)COc1cccc(C(C)C)c1. The second-order valence-corrected chi connectivity index (χ2v) is 8.48. The molecule has 1 amide bonds. The number of amides is 1. The molecule has 3 rings (SSSR count). The fourth-order valence-corrected chi connectivity index (χ4v) is 4.21. The number of ether oxygens (including phenoxy) is 3. The van der Waals surface area contributed by atoms with Gasteiger partial charge < -0.3 is 19.5 Å². The van der Waals surface area contributed by atoms with Gasteiger partial charge in [-0.15, -0.1) is 11.3 Å². The van der Waals surface area contributed by atoms with Crippen LogP contribution < -0.4 is 14.8 Å². The van der Waals surface area contributed by atoms with Crippen LogP contribution in [0.25, 0.3) is 11.1 Å². The summed E-state index contributed by atoms with van der Waals surface area (Å²) in [5.74, 6) is 0.908. The van der Waals surface area contributed by atoms with Gasteiger partial charge in [-0.3, -0.25) is 4.79 Å². The molecule has 0 radical (unpaired) electrons. The number of thiophene rings is 1. The molecule has 1 aromatic heterocycles. The Balaban J connectivity index is 1.77. The number of esters is 1. The van der Waals surface area contributed by atoms with Gasteiger partial charge in [-0.1, -0.05) is 38.1 Å². The summed E-state index contributed by atoms with van der Waals surface area (Å²) in [4.78, 5) is 25.3. The number of carbonyl (C=O) groups excluding carboxylic acids is 2. The first-order valence-electron chi connectivity index (χ1n) is 11.0. The van der Waals surface area contributed by atoms with Crippen LogP contribution in [-0.2, 0) is 9.53 Å². The molecule has 0 saturated heterocycles. The van der Waals surface area contributed by atoms with Gasteiger partial charge in [-0.05, 0) is 55.2 Å². The first-order valence-corrected chi connectivity index (χ1v) is 11.8. The van der Waals surface area contributed by atoms with Crippen LogP contribution in [-0.4, -0.2) is 31.7 Å². The maximum Gasteiger partial charge on any atom is 0.341 e. The van der Waals surface area contributed by atoms with Crippen molar-refractivity contribution in [3.63, 3.8) is 0 Å². The summed E-state index contributed by atoms with van der Waals surface area (Å²) < 4.78 is 16.4. The van der Waals surface area contributed by atoms with Crippen molar-refractivity contribution in [1.29, 1.82) is 0 Å². The Labute approximate surface area is 198 Å². The predicted octanol–water partition coefficient (Wildman–Crippen LogP) is 6.13. The van der Waals surface area contributed by atoms with Crippen molar-refractivity contribution in [2.45, 2.75) is 33.6 Å². The Morgan fingerprint density at radius 1 is 0.970 bits per heavy atom. The van der Waals surface area contributed by atoms with Crippen molar-refractivity contribution >= 4 is 28.2 Å². The summed E-state index contributed by atoms with van der Waals surface area (Å²) >= 11 is 1.28. The van der Waals surface area contributed by atoms with Crippen LogP contribution in [0.2, 0.25) is 0 Å². The van der Waals surface area contributed by atoms with Crippen molar-refractivity contribution in [3.8, 4) is 22.6 Å². The number of benzene rings is 2. The summed E-state index contributed by atoms with van der Waals surface area (Å²) in [5.41, 5.74) is 3.00. The first-order chi connectivity index (χ1) is 15.9. The van der Waals surface area contributed by atoms with Gasteiger partial charge in [0, 0.05) is 10.9 Å². The minimum atomic E-state index is -0.483. The lowest BCUT2D eigenvalue weighted by molar-refractivity contribution is -0.118. The average molecular weight is 468 g/mol. The van der Waals surface area contributed by atoms with Crippen LogP contribution in [0, 0.1) is 0 Å². The van der Waals surface area contributed by atoms with E-state index in [1.165, 1.54) is 11.3 Å². The number of hydrogen-bond acceptors (Lipinski definition) is 6. The van der Waals surface area contributed by atoms with E-state index in [1.807, 2.05) is 60.8 Å². The van der Waals surface area contributed by atoms with E-state index in [1.54, 1.807) is 6.92 Å². The Morgan fingerprint density at radius 3 is 2.39 bits per heavy atom. The number of carbonyl (C=O) groups is 2. The zero-order valence-electron chi connectivity index (χ0n) is 19.3. The highest BCUT2D eigenvalue weighted by atomic mass is 32.1. The fourth-order valence-electron chi connectivity index (χ4n) is 3.24. The largest absolute Gasteiger partial charge is 0.494 e. The lowest BCUT2D eigenvalue weighted by Crippen LogP contribution is -2.21. The van der Waals surface area contributed by atoms with Crippen molar-refractivity contribution in [1.82, 2.24) is 0 Å². The predicted molar refractivity (Wildman–Crippen MR) is 132 cm³/mol. The molecule has 1 heterocycles. The lowest BCUT2D eigenvalue weighted by atomic mass is 10.0.